The second-order valence-electron chi connectivity index (χ2n) is 9.43. The van der Waals surface area contributed by atoms with Gasteiger partial charge in [-0.2, -0.15) is 13.2 Å². The number of ether oxygens (including phenoxy) is 1. The molecule has 190 valence electrons. The van der Waals surface area contributed by atoms with E-state index in [0.717, 1.165) is 17.5 Å². The van der Waals surface area contributed by atoms with E-state index in [1.165, 1.54) is 82.6 Å². The fourth-order valence-electron chi connectivity index (χ4n) is 4.24. The van der Waals surface area contributed by atoms with E-state index in [1.807, 2.05) is 24.3 Å². The lowest BCUT2D eigenvalue weighted by Gasteiger charge is -2.09. The first kappa shape index (κ1) is 28.3. The fourth-order valence-corrected chi connectivity index (χ4v) is 4.24. The van der Waals surface area contributed by atoms with Crippen molar-refractivity contribution in [1.82, 2.24) is 0 Å². The predicted molar refractivity (Wildman–Crippen MR) is 137 cm³/mol. The molecule has 0 aliphatic rings. The van der Waals surface area contributed by atoms with E-state index in [1.54, 1.807) is 0 Å². The lowest BCUT2D eigenvalue weighted by atomic mass is 10.0. The predicted octanol–water partition coefficient (Wildman–Crippen LogP) is 10.3. The summed E-state index contributed by atoms with van der Waals surface area (Å²) >= 11 is 0. The zero-order valence-corrected chi connectivity index (χ0v) is 21.0. The van der Waals surface area contributed by atoms with Gasteiger partial charge in [0.2, 0.25) is 0 Å². The van der Waals surface area contributed by atoms with Gasteiger partial charge in [0.25, 0.3) is 0 Å². The molecule has 2 aromatic rings. The van der Waals surface area contributed by atoms with Crippen molar-refractivity contribution in [2.24, 2.45) is 0 Å². The van der Waals surface area contributed by atoms with Crippen LogP contribution in [0.25, 0.3) is 11.1 Å². The number of unbranched alkanes of at least 4 members (excludes halogenated alkanes) is 11. The van der Waals surface area contributed by atoms with Crippen LogP contribution in [0.15, 0.2) is 48.5 Å². The van der Waals surface area contributed by atoms with Crippen LogP contribution in [0.2, 0.25) is 0 Å². The minimum atomic E-state index is -4.12. The molecule has 0 amide bonds. The summed E-state index contributed by atoms with van der Waals surface area (Å²) in [6, 6.07) is 16.3. The van der Waals surface area contributed by atoms with Gasteiger partial charge in [-0.15, -0.1) is 0 Å². The summed E-state index contributed by atoms with van der Waals surface area (Å²) in [7, 11) is 0. The fraction of sp³-hybridized carbons (Fsp3) is 0.600. The van der Waals surface area contributed by atoms with E-state index >= 15 is 0 Å². The van der Waals surface area contributed by atoms with Gasteiger partial charge < -0.3 is 4.74 Å². The standard InChI is InChI=1S/C30H43F3O/c1-2-3-4-5-6-7-8-9-10-11-12-13-15-26-16-18-27(19-17-26)28-20-22-29(23-21-28)34-25-14-24-30(31,32)33/h16-23H,2-15,24-25H2,1H3. The van der Waals surface area contributed by atoms with Gasteiger partial charge >= 0.3 is 6.18 Å². The Morgan fingerprint density at radius 1 is 0.588 bits per heavy atom. The summed E-state index contributed by atoms with van der Waals surface area (Å²) in [5, 5.41) is 0. The van der Waals surface area contributed by atoms with E-state index in [9.17, 15) is 13.2 Å². The molecule has 1 nitrogen and oxygen atoms in total. The van der Waals surface area contributed by atoms with Gasteiger partial charge in [0.15, 0.2) is 0 Å². The number of halogens is 3. The monoisotopic (exact) mass is 476 g/mol. The molecule has 2 aromatic carbocycles. The summed E-state index contributed by atoms with van der Waals surface area (Å²) in [4.78, 5) is 0. The summed E-state index contributed by atoms with van der Waals surface area (Å²) in [5.74, 6) is 0.606. The van der Waals surface area contributed by atoms with Crippen LogP contribution >= 0.6 is 0 Å². The number of benzene rings is 2. The third-order valence-electron chi connectivity index (χ3n) is 6.33. The first-order valence-corrected chi connectivity index (χ1v) is 13.4. The normalized spacial score (nSPS) is 11.6. The van der Waals surface area contributed by atoms with Crippen molar-refractivity contribution in [1.29, 1.82) is 0 Å². The average molecular weight is 477 g/mol. The van der Waals surface area contributed by atoms with Crippen LogP contribution in [-0.2, 0) is 6.42 Å². The lowest BCUT2D eigenvalue weighted by molar-refractivity contribution is -0.136. The van der Waals surface area contributed by atoms with Crippen molar-refractivity contribution in [2.45, 2.75) is 109 Å². The molecule has 0 aliphatic carbocycles. The molecule has 0 fully saturated rings. The molecule has 2 rings (SSSR count). The van der Waals surface area contributed by atoms with Crippen LogP contribution in [0.4, 0.5) is 13.2 Å². The maximum atomic E-state index is 12.2. The van der Waals surface area contributed by atoms with Crippen LogP contribution in [0.5, 0.6) is 5.75 Å². The molecule has 0 N–H and O–H groups in total. The average Bonchev–Trinajstić information content (AvgIpc) is 2.83. The number of hydrogen-bond donors (Lipinski definition) is 0. The van der Waals surface area contributed by atoms with Gasteiger partial charge in [0.1, 0.15) is 5.75 Å². The minimum absolute atomic E-state index is 0.0219. The molecule has 0 heterocycles. The first-order chi connectivity index (χ1) is 16.5. The van der Waals surface area contributed by atoms with E-state index < -0.39 is 12.6 Å². The van der Waals surface area contributed by atoms with Crippen molar-refractivity contribution in [2.75, 3.05) is 6.61 Å². The van der Waals surface area contributed by atoms with Gasteiger partial charge in [0, 0.05) is 6.42 Å². The summed E-state index contributed by atoms with van der Waals surface area (Å²) in [6.07, 6.45) is 12.6. The smallest absolute Gasteiger partial charge is 0.389 e. The second-order valence-corrected chi connectivity index (χ2v) is 9.43. The van der Waals surface area contributed by atoms with Gasteiger partial charge in [-0.25, -0.2) is 0 Å². The molecule has 0 aliphatic heterocycles. The van der Waals surface area contributed by atoms with Crippen molar-refractivity contribution in [3.05, 3.63) is 54.1 Å². The van der Waals surface area contributed by atoms with Crippen LogP contribution in [0, 0.1) is 0 Å². The molecule has 0 unspecified atom stereocenters. The molecular weight excluding hydrogens is 433 g/mol. The van der Waals surface area contributed by atoms with Gasteiger partial charge in [-0.3, -0.25) is 0 Å². The Bertz CT molecular complexity index is 750. The molecule has 0 bridgehead atoms. The van der Waals surface area contributed by atoms with Crippen molar-refractivity contribution in [3.63, 3.8) is 0 Å². The third kappa shape index (κ3) is 13.1. The van der Waals surface area contributed by atoms with E-state index in [4.69, 9.17) is 4.74 Å². The third-order valence-corrected chi connectivity index (χ3v) is 6.33. The highest BCUT2D eigenvalue weighted by molar-refractivity contribution is 5.64. The van der Waals surface area contributed by atoms with Crippen molar-refractivity contribution in [3.8, 4) is 16.9 Å². The molecule has 0 spiro atoms. The highest BCUT2D eigenvalue weighted by Crippen LogP contribution is 2.25. The molecule has 0 radical (unpaired) electrons. The Balaban J connectivity index is 1.57. The quantitative estimate of drug-likeness (QED) is 0.194. The lowest BCUT2D eigenvalue weighted by Crippen LogP contribution is -2.09. The van der Waals surface area contributed by atoms with Crippen LogP contribution in [-0.4, -0.2) is 12.8 Å². The number of rotatable bonds is 18. The molecule has 4 heteroatoms. The Morgan fingerprint density at radius 2 is 1.06 bits per heavy atom. The molecular formula is C30H43F3O. The van der Waals surface area contributed by atoms with Crippen molar-refractivity contribution < 1.29 is 17.9 Å². The zero-order valence-electron chi connectivity index (χ0n) is 21.0. The zero-order chi connectivity index (χ0) is 24.5. The van der Waals surface area contributed by atoms with E-state index in [2.05, 4.69) is 31.2 Å². The Kier molecular flexibility index (Phi) is 13.8. The molecule has 0 atom stereocenters. The van der Waals surface area contributed by atoms with E-state index in [0.29, 0.717) is 5.75 Å². The van der Waals surface area contributed by atoms with Crippen LogP contribution in [0.1, 0.15) is 102 Å². The topological polar surface area (TPSA) is 9.23 Å². The van der Waals surface area contributed by atoms with Crippen LogP contribution < -0.4 is 4.74 Å². The maximum absolute atomic E-state index is 12.2. The Hall–Kier alpha value is -1.97. The molecule has 0 saturated heterocycles. The minimum Gasteiger partial charge on any atom is -0.494 e. The van der Waals surface area contributed by atoms with E-state index in [-0.39, 0.29) is 13.0 Å². The molecule has 0 saturated carbocycles. The van der Waals surface area contributed by atoms with Crippen molar-refractivity contribution >= 4 is 0 Å². The summed E-state index contributed by atoms with van der Waals surface area (Å²) in [5.41, 5.74) is 3.60. The highest BCUT2D eigenvalue weighted by Gasteiger charge is 2.26. The highest BCUT2D eigenvalue weighted by atomic mass is 19.4. The Morgan fingerprint density at radius 3 is 1.56 bits per heavy atom. The number of aryl methyl sites for hydroxylation is 1. The van der Waals surface area contributed by atoms with Crippen LogP contribution in [0.3, 0.4) is 0 Å². The number of hydrogen-bond acceptors (Lipinski definition) is 1. The second kappa shape index (κ2) is 16.6. The SMILES string of the molecule is CCCCCCCCCCCCCCc1ccc(-c2ccc(OCCCC(F)(F)F)cc2)cc1. The van der Waals surface area contributed by atoms with Gasteiger partial charge in [0.05, 0.1) is 6.61 Å². The van der Waals surface area contributed by atoms with Gasteiger partial charge in [-0.05, 0) is 48.1 Å². The Labute approximate surface area is 205 Å². The summed E-state index contributed by atoms with van der Waals surface area (Å²) < 4.78 is 42.0. The molecule has 0 aromatic heterocycles. The first-order valence-electron chi connectivity index (χ1n) is 13.4. The largest absolute Gasteiger partial charge is 0.494 e. The summed E-state index contributed by atoms with van der Waals surface area (Å²) in [6.45, 7) is 2.35. The maximum Gasteiger partial charge on any atom is 0.389 e. The molecule has 34 heavy (non-hydrogen) atoms. The number of alkyl halides is 3. The van der Waals surface area contributed by atoms with Gasteiger partial charge in [-0.1, -0.05) is 114 Å².